The average molecular weight is 642 g/mol. The lowest BCUT2D eigenvalue weighted by atomic mass is 9.95. The number of nitrogens with two attached hydrogens (primary N) is 1. The first-order valence-corrected chi connectivity index (χ1v) is 15.5. The van der Waals surface area contributed by atoms with Gasteiger partial charge >= 0.3 is 5.97 Å². The van der Waals surface area contributed by atoms with Gasteiger partial charge in [0.1, 0.15) is 12.1 Å². The lowest BCUT2D eigenvalue weighted by Gasteiger charge is -2.27. The standard InChI is InChI=1S/C32H30Cl2N2O6S/c1-32(2,3)42-30(38)19-36(43(40,41)23-17-21(33)16-22(34)18-23)28-13-7-10-25-26(28)11-6-12-27(25)29(37)15-14-20-8-4-5-9-24(20)31(35)39/h4-13,16-18H,14-15,19H2,1-3H3,(H2,35,39). The molecule has 0 heterocycles. The van der Waals surface area contributed by atoms with Crippen molar-refractivity contribution in [3.8, 4) is 0 Å². The van der Waals surface area contributed by atoms with Crippen LogP contribution in [0.3, 0.4) is 0 Å². The second kappa shape index (κ2) is 12.8. The minimum absolute atomic E-state index is 0.0779. The second-order valence-corrected chi connectivity index (χ2v) is 13.6. The highest BCUT2D eigenvalue weighted by atomic mass is 35.5. The maximum atomic E-state index is 14.0. The Morgan fingerprint density at radius 3 is 2.09 bits per heavy atom. The Labute approximate surface area is 260 Å². The molecule has 1 amide bonds. The zero-order valence-electron chi connectivity index (χ0n) is 23.8. The number of benzene rings is 4. The highest BCUT2D eigenvalue weighted by Gasteiger charge is 2.31. The summed E-state index contributed by atoms with van der Waals surface area (Å²) in [5, 5.41) is 1.12. The van der Waals surface area contributed by atoms with Crippen LogP contribution in [0.5, 0.6) is 0 Å². The summed E-state index contributed by atoms with van der Waals surface area (Å²) in [7, 11) is -4.40. The molecule has 224 valence electrons. The first-order chi connectivity index (χ1) is 20.2. The molecule has 0 fully saturated rings. The Morgan fingerprint density at radius 2 is 1.44 bits per heavy atom. The number of nitrogens with zero attached hydrogens (tertiary/aromatic N) is 1. The number of amides is 1. The zero-order valence-corrected chi connectivity index (χ0v) is 26.1. The minimum Gasteiger partial charge on any atom is -0.459 e. The fraction of sp³-hybridized carbons (Fsp3) is 0.219. The predicted octanol–water partition coefficient (Wildman–Crippen LogP) is 6.60. The molecule has 0 saturated carbocycles. The van der Waals surface area contributed by atoms with Crippen LogP contribution in [0.4, 0.5) is 5.69 Å². The Bertz CT molecular complexity index is 1810. The average Bonchev–Trinajstić information content (AvgIpc) is 2.92. The van der Waals surface area contributed by atoms with Gasteiger partial charge in [-0.3, -0.25) is 18.7 Å². The first kappa shape index (κ1) is 32.0. The van der Waals surface area contributed by atoms with Gasteiger partial charge in [0.15, 0.2) is 5.78 Å². The molecule has 0 bridgehead atoms. The molecule has 0 unspecified atom stereocenters. The fourth-order valence-corrected chi connectivity index (χ4v) is 6.87. The number of ether oxygens (including phenoxy) is 1. The smallest absolute Gasteiger partial charge is 0.327 e. The van der Waals surface area contributed by atoms with Crippen LogP contribution in [0.15, 0.2) is 83.8 Å². The zero-order chi connectivity index (χ0) is 31.5. The number of anilines is 1. The number of esters is 1. The number of Topliss-reactive ketones (excluding diaryl/α,β-unsaturated/α-hetero) is 1. The lowest BCUT2D eigenvalue weighted by Crippen LogP contribution is -2.39. The number of ketones is 1. The Morgan fingerprint density at radius 1 is 0.837 bits per heavy atom. The van der Waals surface area contributed by atoms with Gasteiger partial charge in [-0.15, -0.1) is 0 Å². The molecule has 4 aromatic rings. The van der Waals surface area contributed by atoms with E-state index >= 15 is 0 Å². The second-order valence-electron chi connectivity index (χ2n) is 10.8. The van der Waals surface area contributed by atoms with Gasteiger partial charge in [0.05, 0.1) is 10.6 Å². The van der Waals surface area contributed by atoms with Crippen LogP contribution in [0.1, 0.15) is 53.5 Å². The molecule has 8 nitrogen and oxygen atoms in total. The first-order valence-electron chi connectivity index (χ1n) is 13.3. The molecule has 0 aliphatic carbocycles. The maximum absolute atomic E-state index is 14.0. The van der Waals surface area contributed by atoms with E-state index in [1.54, 1.807) is 81.4 Å². The van der Waals surface area contributed by atoms with E-state index in [4.69, 9.17) is 33.7 Å². The van der Waals surface area contributed by atoms with Crippen LogP contribution in [0.2, 0.25) is 10.0 Å². The molecule has 0 radical (unpaired) electrons. The number of sulfonamides is 1. The summed E-state index contributed by atoms with van der Waals surface area (Å²) < 4.78 is 34.5. The molecule has 0 aliphatic heterocycles. The Hall–Kier alpha value is -3.92. The van der Waals surface area contributed by atoms with Gasteiger partial charge in [-0.05, 0) is 68.5 Å². The SMILES string of the molecule is CC(C)(C)OC(=O)CN(c1cccc2c(C(=O)CCc3ccccc3C(N)=O)cccc12)S(=O)(=O)c1cc(Cl)cc(Cl)c1. The lowest BCUT2D eigenvalue weighted by molar-refractivity contribution is -0.152. The molecule has 0 aromatic heterocycles. The molecule has 4 aromatic carbocycles. The quantitative estimate of drug-likeness (QED) is 0.154. The minimum atomic E-state index is -4.40. The van der Waals surface area contributed by atoms with Crippen LogP contribution in [0, 0.1) is 0 Å². The number of carbonyl (C=O) groups excluding carboxylic acids is 3. The van der Waals surface area contributed by atoms with E-state index in [0.29, 0.717) is 27.5 Å². The van der Waals surface area contributed by atoms with Gasteiger partial charge in [-0.1, -0.05) is 71.7 Å². The van der Waals surface area contributed by atoms with Gasteiger partial charge < -0.3 is 10.5 Å². The Balaban J connectivity index is 1.79. The van der Waals surface area contributed by atoms with Crippen LogP contribution in [-0.2, 0) is 26.0 Å². The number of primary amides is 1. The molecular weight excluding hydrogens is 611 g/mol. The molecule has 43 heavy (non-hydrogen) atoms. The van der Waals surface area contributed by atoms with E-state index in [9.17, 15) is 22.8 Å². The normalized spacial score (nSPS) is 11.7. The number of hydrogen-bond acceptors (Lipinski definition) is 6. The highest BCUT2D eigenvalue weighted by molar-refractivity contribution is 7.93. The third-order valence-corrected chi connectivity index (χ3v) is 8.66. The van der Waals surface area contributed by atoms with Gasteiger partial charge in [-0.25, -0.2) is 8.42 Å². The molecule has 0 spiro atoms. The van der Waals surface area contributed by atoms with E-state index in [0.717, 1.165) is 4.31 Å². The van der Waals surface area contributed by atoms with E-state index in [1.807, 2.05) is 0 Å². The van der Waals surface area contributed by atoms with Crippen LogP contribution in [0.25, 0.3) is 10.8 Å². The number of hydrogen-bond donors (Lipinski definition) is 1. The van der Waals surface area contributed by atoms with E-state index < -0.39 is 34.0 Å². The third kappa shape index (κ3) is 7.54. The van der Waals surface area contributed by atoms with Gasteiger partial charge in [-0.2, -0.15) is 0 Å². The number of carbonyl (C=O) groups is 3. The van der Waals surface area contributed by atoms with Crippen molar-refractivity contribution in [2.45, 2.75) is 44.1 Å². The van der Waals surface area contributed by atoms with Gasteiger partial charge in [0, 0.05) is 33.0 Å². The monoisotopic (exact) mass is 640 g/mol. The van der Waals surface area contributed by atoms with Crippen molar-refractivity contribution < 1.29 is 27.5 Å². The summed E-state index contributed by atoms with van der Waals surface area (Å²) in [5.41, 5.74) is 6.14. The summed E-state index contributed by atoms with van der Waals surface area (Å²) in [6.07, 6.45) is 0.358. The largest absolute Gasteiger partial charge is 0.459 e. The van der Waals surface area contributed by atoms with Crippen LogP contribution < -0.4 is 10.0 Å². The fourth-order valence-electron chi connectivity index (χ4n) is 4.71. The predicted molar refractivity (Wildman–Crippen MR) is 168 cm³/mol. The van der Waals surface area contributed by atoms with Crippen molar-refractivity contribution in [2.24, 2.45) is 5.73 Å². The number of aryl methyl sites for hydroxylation is 1. The van der Waals surface area contributed by atoms with Crippen molar-refractivity contribution in [1.29, 1.82) is 0 Å². The van der Waals surface area contributed by atoms with Crippen molar-refractivity contribution in [3.63, 3.8) is 0 Å². The molecule has 2 N–H and O–H groups in total. The van der Waals surface area contributed by atoms with Crippen molar-refractivity contribution >= 4 is 67.3 Å². The number of fused-ring (bicyclic) bond motifs is 1. The summed E-state index contributed by atoms with van der Waals surface area (Å²) in [4.78, 5) is 38.1. The van der Waals surface area contributed by atoms with Crippen LogP contribution >= 0.6 is 23.2 Å². The highest BCUT2D eigenvalue weighted by Crippen LogP contribution is 2.35. The maximum Gasteiger partial charge on any atom is 0.327 e. The topological polar surface area (TPSA) is 124 Å². The third-order valence-electron chi connectivity index (χ3n) is 6.49. The molecule has 4 rings (SSSR count). The molecular formula is C32H30Cl2N2O6S. The van der Waals surface area contributed by atoms with Crippen molar-refractivity contribution in [3.05, 3.63) is 106 Å². The summed E-state index contributed by atoms with van der Waals surface area (Å²) in [6.45, 7) is 4.39. The Kier molecular flexibility index (Phi) is 9.49. The molecule has 11 heteroatoms. The summed E-state index contributed by atoms with van der Waals surface area (Å²) >= 11 is 12.3. The number of rotatable bonds is 10. The molecule has 0 aliphatic rings. The molecule has 0 atom stereocenters. The van der Waals surface area contributed by atoms with Gasteiger partial charge in [0.25, 0.3) is 10.0 Å². The van der Waals surface area contributed by atoms with E-state index in [-0.39, 0.29) is 39.3 Å². The van der Waals surface area contributed by atoms with E-state index in [1.165, 1.54) is 18.2 Å². The summed E-state index contributed by atoms with van der Waals surface area (Å²) in [5.74, 6) is -1.57. The van der Waals surface area contributed by atoms with Gasteiger partial charge in [0.2, 0.25) is 5.91 Å². The van der Waals surface area contributed by atoms with Crippen molar-refractivity contribution in [1.82, 2.24) is 0 Å². The van der Waals surface area contributed by atoms with Crippen molar-refractivity contribution in [2.75, 3.05) is 10.8 Å². The molecule has 0 saturated heterocycles. The summed E-state index contributed by atoms with van der Waals surface area (Å²) in [6, 6.07) is 20.5. The number of halogens is 2. The van der Waals surface area contributed by atoms with Crippen LogP contribution in [-0.4, -0.2) is 38.2 Å². The van der Waals surface area contributed by atoms with E-state index in [2.05, 4.69) is 0 Å².